The van der Waals surface area contributed by atoms with Crippen LogP contribution in [0.2, 0.25) is 0 Å². The van der Waals surface area contributed by atoms with Crippen molar-refractivity contribution >= 4 is 5.90 Å². The average Bonchev–Trinajstić information content (AvgIpc) is 2.95. The molecule has 1 aliphatic rings. The van der Waals surface area contributed by atoms with Crippen molar-refractivity contribution in [2.24, 2.45) is 0 Å². The first-order chi connectivity index (χ1) is 9.75. The van der Waals surface area contributed by atoms with E-state index in [2.05, 4.69) is 79.3 Å². The van der Waals surface area contributed by atoms with Gasteiger partial charge in [-0.15, -0.1) is 0 Å². The fourth-order valence-corrected chi connectivity index (χ4v) is 3.19. The summed E-state index contributed by atoms with van der Waals surface area (Å²) >= 11 is 0. The molecule has 1 fully saturated rings. The molecule has 1 saturated heterocycles. The molecule has 0 N–H and O–H groups in total. The van der Waals surface area contributed by atoms with Gasteiger partial charge in [0.2, 0.25) is 0 Å². The van der Waals surface area contributed by atoms with E-state index in [0.717, 1.165) is 18.9 Å². The molecule has 0 amide bonds. The highest BCUT2D eigenvalue weighted by atomic mass is 16.5. The molecule has 20 heavy (non-hydrogen) atoms. The number of ether oxygens (including phenoxy) is 1. The van der Waals surface area contributed by atoms with Crippen LogP contribution in [0.5, 0.6) is 0 Å². The van der Waals surface area contributed by atoms with Crippen molar-refractivity contribution in [3.63, 3.8) is 0 Å². The highest BCUT2D eigenvalue weighted by molar-refractivity contribution is 5.90. The molecule has 0 saturated carbocycles. The van der Waals surface area contributed by atoms with Crippen molar-refractivity contribution in [2.45, 2.75) is 11.8 Å². The van der Waals surface area contributed by atoms with Gasteiger partial charge in [-0.3, -0.25) is 0 Å². The van der Waals surface area contributed by atoms with Gasteiger partial charge in [0, 0.05) is 6.42 Å². The number of rotatable bonds is 2. The van der Waals surface area contributed by atoms with Crippen LogP contribution in [0, 0.1) is 0 Å². The maximum Gasteiger partial charge on any atom is 0.351 e. The smallest absolute Gasteiger partial charge is 0.351 e. The van der Waals surface area contributed by atoms with Gasteiger partial charge >= 0.3 is 5.90 Å². The molecule has 102 valence electrons. The second-order valence-corrected chi connectivity index (χ2v) is 5.44. The van der Waals surface area contributed by atoms with Gasteiger partial charge in [0.05, 0.1) is 6.61 Å². The zero-order chi connectivity index (χ0) is 14.0. The Hall–Kier alpha value is -2.09. The predicted molar refractivity (Wildman–Crippen MR) is 81.3 cm³/mol. The summed E-state index contributed by atoms with van der Waals surface area (Å²) in [6.07, 6.45) is 0.981. The van der Waals surface area contributed by atoms with E-state index in [1.807, 2.05) is 0 Å². The molecule has 0 aromatic heterocycles. The second-order valence-electron chi connectivity index (χ2n) is 5.44. The number of hydrogen-bond donors (Lipinski definition) is 0. The normalized spacial score (nSPS) is 16.8. The standard InChI is InChI=1S/C18H20NO/c1-19(2)17-18(13-14-20-17,15-9-5-3-6-10-15)16-11-7-4-8-12-16/h3-12H,13-14H2,1-2H3/q+1. The van der Waals surface area contributed by atoms with Crippen LogP contribution in [0.3, 0.4) is 0 Å². The Bertz CT molecular complexity index is 573. The molecular formula is C18H20NO+. The zero-order valence-corrected chi connectivity index (χ0v) is 12.0. The van der Waals surface area contributed by atoms with Crippen LogP contribution in [-0.4, -0.2) is 31.2 Å². The molecule has 3 rings (SSSR count). The Kier molecular flexibility index (Phi) is 3.31. The summed E-state index contributed by atoms with van der Waals surface area (Å²) < 4.78 is 8.09. The Labute approximate surface area is 120 Å². The molecule has 2 nitrogen and oxygen atoms in total. The highest BCUT2D eigenvalue weighted by Crippen LogP contribution is 2.41. The Balaban J connectivity index is 2.27. The van der Waals surface area contributed by atoms with Crippen molar-refractivity contribution in [2.75, 3.05) is 20.7 Å². The fraction of sp³-hybridized carbons (Fsp3) is 0.278. The SMILES string of the molecule is C[N+](C)=C1OCCC1(c1ccccc1)c1ccccc1. The van der Waals surface area contributed by atoms with Gasteiger partial charge in [0.25, 0.3) is 0 Å². The van der Waals surface area contributed by atoms with Crippen LogP contribution in [0.1, 0.15) is 17.5 Å². The first-order valence-corrected chi connectivity index (χ1v) is 7.04. The Morgan fingerprint density at radius 1 is 0.850 bits per heavy atom. The first-order valence-electron chi connectivity index (χ1n) is 7.04. The van der Waals surface area contributed by atoms with Gasteiger partial charge in [-0.25, -0.2) is 4.58 Å². The van der Waals surface area contributed by atoms with Crippen molar-refractivity contribution in [1.82, 2.24) is 0 Å². The summed E-state index contributed by atoms with van der Waals surface area (Å²) in [5, 5.41) is 0. The van der Waals surface area contributed by atoms with E-state index in [9.17, 15) is 0 Å². The molecular weight excluding hydrogens is 246 g/mol. The summed E-state index contributed by atoms with van der Waals surface area (Å²) in [5.41, 5.74) is 2.44. The van der Waals surface area contributed by atoms with Crippen molar-refractivity contribution in [3.8, 4) is 0 Å². The van der Waals surface area contributed by atoms with Crippen LogP contribution >= 0.6 is 0 Å². The molecule has 1 aliphatic heterocycles. The van der Waals surface area contributed by atoms with E-state index >= 15 is 0 Å². The first kappa shape index (κ1) is 12.9. The molecule has 0 unspecified atom stereocenters. The molecule has 0 atom stereocenters. The second kappa shape index (κ2) is 5.12. The van der Waals surface area contributed by atoms with Crippen LogP contribution in [0.25, 0.3) is 0 Å². The van der Waals surface area contributed by atoms with E-state index in [4.69, 9.17) is 4.74 Å². The Morgan fingerprint density at radius 2 is 1.35 bits per heavy atom. The molecule has 0 aliphatic carbocycles. The van der Waals surface area contributed by atoms with Crippen molar-refractivity contribution in [3.05, 3.63) is 71.8 Å². The number of benzene rings is 2. The molecule has 2 heteroatoms. The quantitative estimate of drug-likeness (QED) is 0.761. The lowest BCUT2D eigenvalue weighted by Crippen LogP contribution is -2.37. The molecule has 0 bridgehead atoms. The van der Waals surface area contributed by atoms with E-state index in [1.54, 1.807) is 0 Å². The maximum absolute atomic E-state index is 5.98. The van der Waals surface area contributed by atoms with Gasteiger partial charge in [-0.2, -0.15) is 0 Å². The summed E-state index contributed by atoms with van der Waals surface area (Å²) in [7, 11) is 4.11. The molecule has 0 radical (unpaired) electrons. The van der Waals surface area contributed by atoms with Gasteiger partial charge in [-0.1, -0.05) is 60.7 Å². The largest absolute Gasteiger partial charge is 0.447 e. The lowest BCUT2D eigenvalue weighted by atomic mass is 9.73. The van der Waals surface area contributed by atoms with E-state index in [0.29, 0.717) is 0 Å². The average molecular weight is 266 g/mol. The van der Waals surface area contributed by atoms with Crippen LogP contribution < -0.4 is 0 Å². The van der Waals surface area contributed by atoms with Crippen LogP contribution in [-0.2, 0) is 10.2 Å². The topological polar surface area (TPSA) is 12.2 Å². The fourth-order valence-electron chi connectivity index (χ4n) is 3.19. The predicted octanol–water partition coefficient (Wildman–Crippen LogP) is 3.06. The van der Waals surface area contributed by atoms with Gasteiger partial charge < -0.3 is 4.74 Å². The summed E-state index contributed by atoms with van der Waals surface area (Å²) in [4.78, 5) is 0. The summed E-state index contributed by atoms with van der Waals surface area (Å²) in [6, 6.07) is 21.3. The molecule has 2 aromatic rings. The zero-order valence-electron chi connectivity index (χ0n) is 12.0. The van der Waals surface area contributed by atoms with Crippen molar-refractivity contribution in [1.29, 1.82) is 0 Å². The maximum atomic E-state index is 5.98. The molecule has 0 spiro atoms. The van der Waals surface area contributed by atoms with E-state index in [-0.39, 0.29) is 5.41 Å². The minimum atomic E-state index is -0.161. The van der Waals surface area contributed by atoms with Gasteiger partial charge in [0.15, 0.2) is 0 Å². The lowest BCUT2D eigenvalue weighted by Gasteiger charge is -2.26. The van der Waals surface area contributed by atoms with Gasteiger partial charge in [-0.05, 0) is 11.1 Å². The third kappa shape index (κ3) is 1.92. The number of hydrogen-bond acceptors (Lipinski definition) is 1. The van der Waals surface area contributed by atoms with E-state index in [1.165, 1.54) is 11.1 Å². The van der Waals surface area contributed by atoms with Gasteiger partial charge in [0.1, 0.15) is 19.5 Å². The van der Waals surface area contributed by atoms with Crippen LogP contribution in [0.4, 0.5) is 0 Å². The van der Waals surface area contributed by atoms with E-state index < -0.39 is 0 Å². The minimum Gasteiger partial charge on any atom is -0.447 e. The highest BCUT2D eigenvalue weighted by Gasteiger charge is 2.50. The summed E-state index contributed by atoms with van der Waals surface area (Å²) in [6.45, 7) is 0.761. The monoisotopic (exact) mass is 266 g/mol. The summed E-state index contributed by atoms with van der Waals surface area (Å²) in [5.74, 6) is 1.04. The minimum absolute atomic E-state index is 0.161. The molecule has 2 aromatic carbocycles. The molecule has 1 heterocycles. The number of nitrogens with zero attached hydrogens (tertiary/aromatic N) is 1. The van der Waals surface area contributed by atoms with Crippen molar-refractivity contribution < 1.29 is 9.31 Å². The third-order valence-corrected chi connectivity index (χ3v) is 4.02. The lowest BCUT2D eigenvalue weighted by molar-refractivity contribution is -0.476. The van der Waals surface area contributed by atoms with Crippen LogP contribution in [0.15, 0.2) is 60.7 Å². The third-order valence-electron chi connectivity index (χ3n) is 4.02. The Morgan fingerprint density at radius 3 is 1.80 bits per heavy atom.